The maximum absolute atomic E-state index is 11.2. The van der Waals surface area contributed by atoms with Crippen molar-refractivity contribution in [2.45, 2.75) is 43.1 Å². The molecule has 1 N–H and O–H groups in total. The van der Waals surface area contributed by atoms with Crippen molar-refractivity contribution in [3.63, 3.8) is 0 Å². The Kier molecular flexibility index (Phi) is 7.69. The van der Waals surface area contributed by atoms with Crippen molar-refractivity contribution in [3.8, 4) is 5.75 Å². The molecule has 2 atom stereocenters. The van der Waals surface area contributed by atoms with Crippen LogP contribution >= 0.6 is 11.8 Å². The summed E-state index contributed by atoms with van der Waals surface area (Å²) in [5.74, 6) is 0.868. The first-order valence-electron chi connectivity index (χ1n) is 10.9. The van der Waals surface area contributed by atoms with Crippen LogP contribution in [-0.2, 0) is 27.2 Å². The van der Waals surface area contributed by atoms with Crippen LogP contribution in [0.2, 0.25) is 0 Å². The largest absolute Gasteiger partial charge is 0.497 e. The van der Waals surface area contributed by atoms with Gasteiger partial charge < -0.3 is 24.1 Å². The van der Waals surface area contributed by atoms with Gasteiger partial charge in [0.25, 0.3) is 0 Å². The molecule has 1 amide bonds. The van der Waals surface area contributed by atoms with Crippen molar-refractivity contribution in [1.82, 2.24) is 9.55 Å². The number of nitrogens with one attached hydrogen (secondary N) is 1. The molecule has 33 heavy (non-hydrogen) atoms. The number of amides is 1. The van der Waals surface area contributed by atoms with Gasteiger partial charge in [0.15, 0.2) is 5.79 Å². The van der Waals surface area contributed by atoms with Crippen molar-refractivity contribution in [1.29, 1.82) is 0 Å². The van der Waals surface area contributed by atoms with E-state index in [1.165, 1.54) is 12.5 Å². The van der Waals surface area contributed by atoms with Crippen LogP contribution in [0.15, 0.2) is 72.1 Å². The number of aryl methyl sites for hydroxylation is 1. The molecule has 0 spiro atoms. The summed E-state index contributed by atoms with van der Waals surface area (Å²) in [6.45, 7) is 2.65. The van der Waals surface area contributed by atoms with Crippen LogP contribution < -0.4 is 10.1 Å². The number of aromatic nitrogens is 2. The molecule has 1 aromatic heterocycles. The molecular weight excluding hydrogens is 438 g/mol. The van der Waals surface area contributed by atoms with Crippen LogP contribution in [0.3, 0.4) is 0 Å². The number of thioether (sulfide) groups is 1. The van der Waals surface area contributed by atoms with Gasteiger partial charge in [0.2, 0.25) is 5.91 Å². The van der Waals surface area contributed by atoms with Crippen molar-refractivity contribution in [3.05, 3.63) is 72.8 Å². The second-order valence-electron chi connectivity index (χ2n) is 8.06. The second-order valence-corrected chi connectivity index (χ2v) is 9.15. The van der Waals surface area contributed by atoms with E-state index in [0.29, 0.717) is 13.2 Å². The molecule has 3 aromatic rings. The first kappa shape index (κ1) is 23.4. The molecule has 0 aliphatic carbocycles. The number of ether oxygens (including phenoxy) is 3. The Balaban J connectivity index is 1.36. The van der Waals surface area contributed by atoms with E-state index < -0.39 is 5.79 Å². The van der Waals surface area contributed by atoms with Crippen molar-refractivity contribution < 1.29 is 19.0 Å². The highest BCUT2D eigenvalue weighted by Crippen LogP contribution is 2.33. The Morgan fingerprint density at radius 2 is 2.03 bits per heavy atom. The van der Waals surface area contributed by atoms with Crippen LogP contribution in [0.1, 0.15) is 18.9 Å². The zero-order chi connectivity index (χ0) is 23.1. The van der Waals surface area contributed by atoms with E-state index in [4.69, 9.17) is 14.2 Å². The van der Waals surface area contributed by atoms with Crippen LogP contribution in [0, 0.1) is 0 Å². The molecule has 0 radical (unpaired) electrons. The van der Waals surface area contributed by atoms with E-state index in [0.717, 1.165) is 34.9 Å². The quantitative estimate of drug-likeness (QED) is 0.446. The third-order valence-electron chi connectivity index (χ3n) is 5.46. The average Bonchev–Trinajstić information content (AvgIpc) is 3.48. The molecule has 1 fully saturated rings. The number of benzene rings is 2. The fourth-order valence-corrected chi connectivity index (χ4v) is 4.68. The number of anilines is 1. The monoisotopic (exact) mass is 467 g/mol. The van der Waals surface area contributed by atoms with Crippen LogP contribution in [-0.4, -0.2) is 46.8 Å². The van der Waals surface area contributed by atoms with Crippen LogP contribution in [0.4, 0.5) is 5.69 Å². The molecule has 2 aromatic carbocycles. The van der Waals surface area contributed by atoms with Gasteiger partial charge in [-0.1, -0.05) is 12.1 Å². The summed E-state index contributed by atoms with van der Waals surface area (Å²) in [7, 11) is 1.67. The number of carbonyl (C=O) groups excluding carboxylic acids is 1. The van der Waals surface area contributed by atoms with Gasteiger partial charge in [0, 0.05) is 42.1 Å². The van der Waals surface area contributed by atoms with Crippen molar-refractivity contribution in [2.24, 2.45) is 0 Å². The molecule has 1 aliphatic heterocycles. The molecule has 2 heterocycles. The summed E-state index contributed by atoms with van der Waals surface area (Å²) in [5.41, 5.74) is 2.01. The lowest BCUT2D eigenvalue weighted by Gasteiger charge is -2.28. The van der Waals surface area contributed by atoms with E-state index in [9.17, 15) is 4.79 Å². The van der Waals surface area contributed by atoms with E-state index in [-0.39, 0.29) is 12.0 Å². The normalized spacial score (nSPS) is 20.0. The van der Waals surface area contributed by atoms with Crippen molar-refractivity contribution in [2.75, 3.05) is 24.8 Å². The van der Waals surface area contributed by atoms with Gasteiger partial charge >= 0.3 is 0 Å². The second kappa shape index (κ2) is 10.9. The van der Waals surface area contributed by atoms with Gasteiger partial charge in [-0.25, -0.2) is 4.98 Å². The Morgan fingerprint density at radius 1 is 1.24 bits per heavy atom. The molecule has 1 aliphatic rings. The minimum absolute atomic E-state index is 0.00981. The molecule has 2 unspecified atom stereocenters. The van der Waals surface area contributed by atoms with Crippen LogP contribution in [0.25, 0.3) is 0 Å². The van der Waals surface area contributed by atoms with Gasteiger partial charge in [-0.3, -0.25) is 4.79 Å². The number of carbonyl (C=O) groups is 1. The number of hydrogen-bond acceptors (Lipinski definition) is 6. The van der Waals surface area contributed by atoms with E-state index in [2.05, 4.69) is 22.4 Å². The number of methoxy groups -OCH3 is 1. The Labute approximate surface area is 198 Å². The molecule has 1 saturated heterocycles. The zero-order valence-electron chi connectivity index (χ0n) is 18.9. The average molecular weight is 468 g/mol. The number of imidazole rings is 1. The van der Waals surface area contributed by atoms with E-state index in [1.54, 1.807) is 31.4 Å². The highest BCUT2D eigenvalue weighted by molar-refractivity contribution is 7.99. The lowest BCUT2D eigenvalue weighted by atomic mass is 10.0. The predicted molar refractivity (Wildman–Crippen MR) is 129 cm³/mol. The number of rotatable bonds is 10. The summed E-state index contributed by atoms with van der Waals surface area (Å²) in [6.07, 6.45) is 7.06. The molecule has 7 nitrogen and oxygen atoms in total. The molecule has 0 bridgehead atoms. The minimum atomic E-state index is -0.693. The molecule has 4 rings (SSSR count). The van der Waals surface area contributed by atoms with Gasteiger partial charge in [0.1, 0.15) is 5.75 Å². The lowest BCUT2D eigenvalue weighted by Crippen LogP contribution is -2.37. The summed E-state index contributed by atoms with van der Waals surface area (Å²) in [4.78, 5) is 16.5. The highest BCUT2D eigenvalue weighted by atomic mass is 32.2. The summed E-state index contributed by atoms with van der Waals surface area (Å²) >= 11 is 1.72. The third kappa shape index (κ3) is 6.60. The maximum atomic E-state index is 11.2. The van der Waals surface area contributed by atoms with Gasteiger partial charge in [-0.05, 0) is 48.4 Å². The van der Waals surface area contributed by atoms with Crippen LogP contribution in [0.5, 0.6) is 5.75 Å². The summed E-state index contributed by atoms with van der Waals surface area (Å²) < 4.78 is 20.1. The minimum Gasteiger partial charge on any atom is -0.497 e. The summed E-state index contributed by atoms with van der Waals surface area (Å²) in [5, 5.41) is 2.79. The highest BCUT2D eigenvalue weighted by Gasteiger charge is 2.41. The predicted octanol–water partition coefficient (Wildman–Crippen LogP) is 4.39. The van der Waals surface area contributed by atoms with Crippen molar-refractivity contribution >= 4 is 23.4 Å². The van der Waals surface area contributed by atoms with E-state index >= 15 is 0 Å². The first-order chi connectivity index (χ1) is 16.0. The topological polar surface area (TPSA) is 74.6 Å². The third-order valence-corrected chi connectivity index (χ3v) is 6.60. The molecule has 174 valence electrons. The fourth-order valence-electron chi connectivity index (χ4n) is 3.80. The number of nitrogens with zero attached hydrogens (tertiary/aromatic N) is 2. The number of hydrogen-bond donors (Lipinski definition) is 1. The standard InChI is InChI=1S/C25H29N3O4S/c1-19(29)27-21-5-9-24(10-6-21)33-16-23-15-31-25(32-23,17-28-14-13-26-18-28)12-11-20-3-7-22(30-2)8-4-20/h3-10,13-14,18,23H,11-12,15-17H2,1-2H3,(H,27,29). The fraction of sp³-hybridized carbons (Fsp3) is 0.360. The Hall–Kier alpha value is -2.81. The lowest BCUT2D eigenvalue weighted by molar-refractivity contribution is -0.180. The van der Waals surface area contributed by atoms with Gasteiger partial charge in [0.05, 0.1) is 32.7 Å². The van der Waals surface area contributed by atoms with Gasteiger partial charge in [-0.2, -0.15) is 0 Å². The molecule has 8 heteroatoms. The maximum Gasteiger partial charge on any atom is 0.221 e. The Bertz CT molecular complexity index is 1020. The van der Waals surface area contributed by atoms with Gasteiger partial charge in [-0.15, -0.1) is 11.8 Å². The smallest absolute Gasteiger partial charge is 0.221 e. The van der Waals surface area contributed by atoms with E-state index in [1.807, 2.05) is 47.2 Å². The summed E-state index contributed by atoms with van der Waals surface area (Å²) in [6, 6.07) is 16.0. The first-order valence-corrected chi connectivity index (χ1v) is 11.9. The zero-order valence-corrected chi connectivity index (χ0v) is 19.7. The SMILES string of the molecule is COc1ccc(CCC2(Cn3ccnc3)OCC(CSc3ccc(NC(C)=O)cc3)O2)cc1. The Morgan fingerprint density at radius 3 is 2.70 bits per heavy atom. The molecule has 0 saturated carbocycles. The molecular formula is C25H29N3O4S.